The summed E-state index contributed by atoms with van der Waals surface area (Å²) in [7, 11) is 0. The van der Waals surface area contributed by atoms with Gasteiger partial charge in [-0.25, -0.2) is 4.79 Å². The van der Waals surface area contributed by atoms with Crippen LogP contribution in [0, 0.1) is 0 Å². The van der Waals surface area contributed by atoms with Gasteiger partial charge in [-0.15, -0.1) is 0 Å². The molecule has 0 heterocycles. The van der Waals surface area contributed by atoms with E-state index in [9.17, 15) is 4.79 Å². The highest BCUT2D eigenvalue weighted by atomic mass is 16.2. The van der Waals surface area contributed by atoms with Crippen LogP contribution in [0.1, 0.15) is 12.5 Å². The van der Waals surface area contributed by atoms with Crippen molar-refractivity contribution in [2.24, 2.45) is 0 Å². The van der Waals surface area contributed by atoms with Gasteiger partial charge in [-0.1, -0.05) is 30.3 Å². The van der Waals surface area contributed by atoms with E-state index in [-0.39, 0.29) is 6.03 Å². The van der Waals surface area contributed by atoms with E-state index in [2.05, 4.69) is 10.6 Å². The molecular formula is C11H14N2O. The third-order valence-corrected chi connectivity index (χ3v) is 1.63. The molecule has 1 aromatic rings. The molecule has 0 radical (unpaired) electrons. The summed E-state index contributed by atoms with van der Waals surface area (Å²) in [4.78, 5) is 11.0. The molecule has 1 rings (SSSR count). The Morgan fingerprint density at radius 1 is 1.36 bits per heavy atom. The van der Waals surface area contributed by atoms with E-state index in [1.54, 1.807) is 6.20 Å². The van der Waals surface area contributed by atoms with Gasteiger partial charge in [0.1, 0.15) is 0 Å². The first-order valence-corrected chi connectivity index (χ1v) is 4.59. The van der Waals surface area contributed by atoms with Gasteiger partial charge in [0, 0.05) is 12.7 Å². The fourth-order valence-corrected chi connectivity index (χ4v) is 0.989. The second-order valence-electron chi connectivity index (χ2n) is 2.75. The molecule has 2 amide bonds. The van der Waals surface area contributed by atoms with Crippen molar-refractivity contribution in [3.63, 3.8) is 0 Å². The predicted octanol–water partition coefficient (Wildman–Crippen LogP) is 1.98. The maximum Gasteiger partial charge on any atom is 0.318 e. The maximum atomic E-state index is 11.0. The van der Waals surface area contributed by atoms with Crippen LogP contribution in [0.5, 0.6) is 0 Å². The SMILES string of the molecule is CCNC(=O)N/C=C/c1ccccc1. The van der Waals surface area contributed by atoms with Crippen molar-refractivity contribution in [3.8, 4) is 0 Å². The lowest BCUT2D eigenvalue weighted by Crippen LogP contribution is -2.31. The zero-order chi connectivity index (χ0) is 10.2. The molecule has 0 fully saturated rings. The summed E-state index contributed by atoms with van der Waals surface area (Å²) in [5.41, 5.74) is 1.06. The summed E-state index contributed by atoms with van der Waals surface area (Å²) in [6, 6.07) is 9.61. The average Bonchev–Trinajstić information content (AvgIpc) is 2.20. The maximum absolute atomic E-state index is 11.0. The van der Waals surface area contributed by atoms with Gasteiger partial charge in [0.25, 0.3) is 0 Å². The monoisotopic (exact) mass is 190 g/mol. The van der Waals surface area contributed by atoms with Crippen molar-refractivity contribution in [2.45, 2.75) is 6.92 Å². The van der Waals surface area contributed by atoms with Crippen LogP contribution in [0.15, 0.2) is 36.5 Å². The van der Waals surface area contributed by atoms with Crippen molar-refractivity contribution >= 4 is 12.1 Å². The molecule has 14 heavy (non-hydrogen) atoms. The van der Waals surface area contributed by atoms with Crippen LogP contribution in [0.4, 0.5) is 4.79 Å². The number of benzene rings is 1. The van der Waals surface area contributed by atoms with Gasteiger partial charge >= 0.3 is 6.03 Å². The Morgan fingerprint density at radius 3 is 2.71 bits per heavy atom. The van der Waals surface area contributed by atoms with E-state index < -0.39 is 0 Å². The number of carbonyl (C=O) groups excluding carboxylic acids is 1. The van der Waals surface area contributed by atoms with Gasteiger partial charge < -0.3 is 10.6 Å². The summed E-state index contributed by atoms with van der Waals surface area (Å²) in [5, 5.41) is 5.23. The smallest absolute Gasteiger partial charge is 0.318 e. The van der Waals surface area contributed by atoms with Gasteiger partial charge in [0.2, 0.25) is 0 Å². The van der Waals surface area contributed by atoms with E-state index in [1.165, 1.54) is 0 Å². The Kier molecular flexibility index (Phi) is 4.27. The van der Waals surface area contributed by atoms with Crippen LogP contribution in [0.25, 0.3) is 6.08 Å². The zero-order valence-corrected chi connectivity index (χ0v) is 8.16. The summed E-state index contributed by atoms with van der Waals surface area (Å²) in [5.74, 6) is 0. The standard InChI is InChI=1S/C11H14N2O/c1-2-12-11(14)13-9-8-10-6-4-3-5-7-10/h3-9H,2H2,1H3,(H2,12,13,14)/b9-8+. The number of carbonyl (C=O) groups is 1. The van der Waals surface area contributed by atoms with E-state index in [0.717, 1.165) is 5.56 Å². The topological polar surface area (TPSA) is 41.1 Å². The largest absolute Gasteiger partial charge is 0.338 e. The Hall–Kier alpha value is -1.77. The van der Waals surface area contributed by atoms with Crippen LogP contribution in [-0.2, 0) is 0 Å². The molecule has 0 aromatic heterocycles. The lowest BCUT2D eigenvalue weighted by Gasteiger charge is -1.99. The minimum Gasteiger partial charge on any atom is -0.338 e. The highest BCUT2D eigenvalue weighted by molar-refractivity contribution is 5.75. The van der Waals surface area contributed by atoms with Crippen molar-refractivity contribution in [3.05, 3.63) is 42.1 Å². The van der Waals surface area contributed by atoms with Crippen LogP contribution in [0.3, 0.4) is 0 Å². The first kappa shape index (κ1) is 10.3. The Morgan fingerprint density at radius 2 is 2.07 bits per heavy atom. The van der Waals surface area contributed by atoms with Gasteiger partial charge in [0.15, 0.2) is 0 Å². The van der Waals surface area contributed by atoms with Crippen molar-refractivity contribution in [1.82, 2.24) is 10.6 Å². The second-order valence-corrected chi connectivity index (χ2v) is 2.75. The summed E-state index contributed by atoms with van der Waals surface area (Å²) in [6.07, 6.45) is 3.47. The Bertz CT molecular complexity index is 306. The third kappa shape index (κ3) is 3.76. The van der Waals surface area contributed by atoms with E-state index in [4.69, 9.17) is 0 Å². The molecule has 0 aliphatic rings. The molecule has 74 valence electrons. The lowest BCUT2D eigenvalue weighted by molar-refractivity contribution is 0.244. The summed E-state index contributed by atoms with van der Waals surface area (Å²) < 4.78 is 0. The third-order valence-electron chi connectivity index (χ3n) is 1.63. The second kappa shape index (κ2) is 5.80. The van der Waals surface area contributed by atoms with Crippen LogP contribution in [0.2, 0.25) is 0 Å². The van der Waals surface area contributed by atoms with E-state index in [0.29, 0.717) is 6.54 Å². The minimum absolute atomic E-state index is 0.181. The van der Waals surface area contributed by atoms with Gasteiger partial charge in [-0.05, 0) is 18.6 Å². The molecule has 0 spiro atoms. The molecule has 1 aromatic carbocycles. The van der Waals surface area contributed by atoms with E-state index in [1.807, 2.05) is 43.3 Å². The van der Waals surface area contributed by atoms with Crippen molar-refractivity contribution in [2.75, 3.05) is 6.54 Å². The molecule has 0 bridgehead atoms. The number of nitrogens with one attached hydrogen (secondary N) is 2. The fraction of sp³-hybridized carbons (Fsp3) is 0.182. The van der Waals surface area contributed by atoms with Gasteiger partial charge in [-0.2, -0.15) is 0 Å². The number of hydrogen-bond acceptors (Lipinski definition) is 1. The lowest BCUT2D eigenvalue weighted by atomic mass is 10.2. The molecule has 0 aliphatic heterocycles. The quantitative estimate of drug-likeness (QED) is 0.751. The van der Waals surface area contributed by atoms with Crippen LogP contribution < -0.4 is 10.6 Å². The zero-order valence-electron chi connectivity index (χ0n) is 8.16. The molecule has 0 saturated carbocycles. The first-order valence-electron chi connectivity index (χ1n) is 4.59. The van der Waals surface area contributed by atoms with E-state index >= 15 is 0 Å². The number of rotatable bonds is 3. The van der Waals surface area contributed by atoms with Crippen molar-refractivity contribution < 1.29 is 4.79 Å². The Labute approximate surface area is 83.8 Å². The molecule has 3 heteroatoms. The molecule has 2 N–H and O–H groups in total. The van der Waals surface area contributed by atoms with Gasteiger partial charge in [-0.3, -0.25) is 0 Å². The average molecular weight is 190 g/mol. The molecule has 0 atom stereocenters. The molecule has 0 saturated heterocycles. The number of hydrogen-bond donors (Lipinski definition) is 2. The molecule has 0 unspecified atom stereocenters. The summed E-state index contributed by atoms with van der Waals surface area (Å²) in [6.45, 7) is 2.51. The minimum atomic E-state index is -0.181. The fourth-order valence-electron chi connectivity index (χ4n) is 0.989. The highest BCUT2D eigenvalue weighted by Crippen LogP contribution is 1.99. The predicted molar refractivity (Wildman–Crippen MR) is 57.7 cm³/mol. The van der Waals surface area contributed by atoms with Gasteiger partial charge in [0.05, 0.1) is 0 Å². The molecule has 0 aliphatic carbocycles. The normalized spacial score (nSPS) is 10.1. The Balaban J connectivity index is 2.38. The molecule has 3 nitrogen and oxygen atoms in total. The van der Waals surface area contributed by atoms with Crippen LogP contribution >= 0.6 is 0 Å². The molecular weight excluding hydrogens is 176 g/mol. The van der Waals surface area contributed by atoms with Crippen LogP contribution in [-0.4, -0.2) is 12.6 Å². The van der Waals surface area contributed by atoms with Crippen molar-refractivity contribution in [1.29, 1.82) is 0 Å². The highest BCUT2D eigenvalue weighted by Gasteiger charge is 1.90. The number of urea groups is 1. The summed E-state index contributed by atoms with van der Waals surface area (Å²) >= 11 is 0. The number of amides is 2. The first-order chi connectivity index (χ1) is 6.83.